The summed E-state index contributed by atoms with van der Waals surface area (Å²) in [4.78, 5) is 15.1. The monoisotopic (exact) mass is 267 g/mol. The summed E-state index contributed by atoms with van der Waals surface area (Å²) in [6.07, 6.45) is 5.05. The highest BCUT2D eigenvalue weighted by Crippen LogP contribution is 2.39. The van der Waals surface area contributed by atoms with Crippen molar-refractivity contribution < 1.29 is 9.90 Å². The summed E-state index contributed by atoms with van der Waals surface area (Å²) in [5.74, 6) is 1.41. The fourth-order valence-corrected chi connectivity index (χ4v) is 3.77. The van der Waals surface area contributed by atoms with Crippen LogP contribution in [0.25, 0.3) is 0 Å². The summed E-state index contributed by atoms with van der Waals surface area (Å²) in [5.41, 5.74) is 0.716. The van der Waals surface area contributed by atoms with Crippen LogP contribution in [0.15, 0.2) is 5.38 Å². The van der Waals surface area contributed by atoms with Gasteiger partial charge in [-0.25, -0.2) is 4.98 Å². The smallest absolute Gasteiger partial charge is 0.309 e. The van der Waals surface area contributed by atoms with Gasteiger partial charge in [-0.3, -0.25) is 4.79 Å². The van der Waals surface area contributed by atoms with Crippen molar-refractivity contribution in [1.82, 2.24) is 4.98 Å². The van der Waals surface area contributed by atoms with E-state index in [1.807, 2.05) is 5.38 Å². The molecule has 1 heterocycles. The number of aliphatic carboxylic acids is 1. The van der Waals surface area contributed by atoms with Crippen LogP contribution >= 0.6 is 11.3 Å². The number of thiazole rings is 1. The first-order valence-corrected chi connectivity index (χ1v) is 7.60. The third-order valence-corrected chi connectivity index (χ3v) is 5.02. The summed E-state index contributed by atoms with van der Waals surface area (Å²) in [7, 11) is 0. The number of hydrogen-bond donors (Lipinski definition) is 1. The summed E-state index contributed by atoms with van der Waals surface area (Å²) >= 11 is 1.63. The molecule has 100 valence electrons. The van der Waals surface area contributed by atoms with E-state index in [2.05, 4.69) is 18.8 Å². The van der Waals surface area contributed by atoms with Gasteiger partial charge in [0.2, 0.25) is 0 Å². The number of hydrogen-bond acceptors (Lipinski definition) is 3. The lowest BCUT2D eigenvalue weighted by Crippen LogP contribution is -2.17. The minimum absolute atomic E-state index is 0.0534. The Morgan fingerprint density at radius 1 is 1.44 bits per heavy atom. The molecule has 0 saturated heterocycles. The molecule has 0 spiro atoms. The Hall–Kier alpha value is -0.900. The number of nitrogens with zero attached hydrogens (tertiary/aromatic N) is 1. The minimum atomic E-state index is -0.796. The van der Waals surface area contributed by atoms with Gasteiger partial charge in [-0.15, -0.1) is 11.3 Å². The van der Waals surface area contributed by atoms with Crippen molar-refractivity contribution in [2.75, 3.05) is 0 Å². The first-order chi connectivity index (χ1) is 8.56. The van der Waals surface area contributed by atoms with E-state index in [0.29, 0.717) is 11.6 Å². The van der Waals surface area contributed by atoms with Crippen LogP contribution in [-0.4, -0.2) is 16.1 Å². The zero-order valence-electron chi connectivity index (χ0n) is 11.1. The van der Waals surface area contributed by atoms with Crippen molar-refractivity contribution in [3.8, 4) is 0 Å². The topological polar surface area (TPSA) is 50.2 Å². The van der Waals surface area contributed by atoms with Crippen LogP contribution in [0.1, 0.15) is 56.2 Å². The number of aromatic nitrogens is 1. The Labute approximate surface area is 112 Å². The molecule has 0 amide bonds. The molecule has 0 aromatic carbocycles. The second kappa shape index (κ2) is 5.83. The molecule has 0 radical (unpaired) electrons. The summed E-state index contributed by atoms with van der Waals surface area (Å²) in [5, 5.41) is 11.8. The Morgan fingerprint density at radius 3 is 2.67 bits per heavy atom. The predicted octanol–water partition coefficient (Wildman–Crippen LogP) is 3.70. The quantitative estimate of drug-likeness (QED) is 0.905. The van der Waals surface area contributed by atoms with Gasteiger partial charge in [0.05, 0.1) is 17.1 Å². The molecule has 1 fully saturated rings. The molecule has 18 heavy (non-hydrogen) atoms. The normalized spacial score (nSPS) is 24.4. The molecule has 1 aromatic heterocycles. The first-order valence-electron chi connectivity index (χ1n) is 6.72. The van der Waals surface area contributed by atoms with Crippen molar-refractivity contribution >= 4 is 17.3 Å². The van der Waals surface area contributed by atoms with Crippen molar-refractivity contribution in [3.63, 3.8) is 0 Å². The Morgan fingerprint density at radius 2 is 2.11 bits per heavy atom. The number of carboxylic acid groups (broad SMARTS) is 1. The highest BCUT2D eigenvalue weighted by molar-refractivity contribution is 7.09. The van der Waals surface area contributed by atoms with E-state index in [0.717, 1.165) is 16.8 Å². The van der Waals surface area contributed by atoms with Gasteiger partial charge in [0.1, 0.15) is 0 Å². The molecule has 0 unspecified atom stereocenters. The van der Waals surface area contributed by atoms with Crippen LogP contribution in [0, 0.1) is 11.8 Å². The maximum absolute atomic E-state index is 10.6. The van der Waals surface area contributed by atoms with E-state index in [9.17, 15) is 4.79 Å². The summed E-state index contributed by atoms with van der Waals surface area (Å²) in [6, 6.07) is 0. The van der Waals surface area contributed by atoms with Crippen molar-refractivity contribution in [1.29, 1.82) is 0 Å². The highest BCUT2D eigenvalue weighted by Gasteiger charge is 2.26. The van der Waals surface area contributed by atoms with Gasteiger partial charge in [-0.1, -0.05) is 13.8 Å². The third kappa shape index (κ3) is 3.31. The van der Waals surface area contributed by atoms with Gasteiger partial charge in [-0.05, 0) is 37.5 Å². The standard InChI is InChI=1S/C14H21NO2S/c1-9(2)10-3-5-11(6-4-10)14-15-12(8-18-14)7-13(16)17/h8-11H,3-7H2,1-2H3,(H,16,17). The number of carbonyl (C=O) groups is 1. The lowest BCUT2D eigenvalue weighted by Gasteiger charge is -2.29. The lowest BCUT2D eigenvalue weighted by molar-refractivity contribution is -0.136. The molecular formula is C14H21NO2S. The molecular weight excluding hydrogens is 246 g/mol. The van der Waals surface area contributed by atoms with Crippen molar-refractivity contribution in [2.24, 2.45) is 11.8 Å². The third-order valence-electron chi connectivity index (χ3n) is 3.97. The van der Waals surface area contributed by atoms with Crippen molar-refractivity contribution in [2.45, 2.75) is 51.9 Å². The van der Waals surface area contributed by atoms with E-state index in [4.69, 9.17) is 5.11 Å². The summed E-state index contributed by atoms with van der Waals surface area (Å²) in [6.45, 7) is 4.61. The van der Waals surface area contributed by atoms with Gasteiger partial charge in [0, 0.05) is 11.3 Å². The molecule has 4 heteroatoms. The van der Waals surface area contributed by atoms with Crippen LogP contribution < -0.4 is 0 Å². The first kappa shape index (κ1) is 13.5. The molecule has 2 rings (SSSR count). The van der Waals surface area contributed by atoms with E-state index in [1.165, 1.54) is 25.7 Å². The van der Waals surface area contributed by atoms with E-state index in [-0.39, 0.29) is 6.42 Å². The largest absolute Gasteiger partial charge is 0.481 e. The average molecular weight is 267 g/mol. The molecule has 3 nitrogen and oxygen atoms in total. The maximum Gasteiger partial charge on any atom is 0.309 e. The van der Waals surface area contributed by atoms with E-state index in [1.54, 1.807) is 11.3 Å². The SMILES string of the molecule is CC(C)C1CCC(c2nc(CC(=O)O)cs2)CC1. The lowest BCUT2D eigenvalue weighted by atomic mass is 9.77. The fraction of sp³-hybridized carbons (Fsp3) is 0.714. The van der Waals surface area contributed by atoms with Crippen molar-refractivity contribution in [3.05, 3.63) is 16.1 Å². The van der Waals surface area contributed by atoms with Gasteiger partial charge in [-0.2, -0.15) is 0 Å². The van der Waals surface area contributed by atoms with E-state index < -0.39 is 5.97 Å². The van der Waals surface area contributed by atoms with Gasteiger partial charge < -0.3 is 5.11 Å². The number of rotatable bonds is 4. The fourth-order valence-electron chi connectivity index (χ4n) is 2.78. The molecule has 0 atom stereocenters. The molecule has 1 N–H and O–H groups in total. The highest BCUT2D eigenvalue weighted by atomic mass is 32.1. The minimum Gasteiger partial charge on any atom is -0.481 e. The molecule has 1 aromatic rings. The molecule has 0 bridgehead atoms. The average Bonchev–Trinajstić information content (AvgIpc) is 2.76. The second-order valence-electron chi connectivity index (χ2n) is 5.60. The Balaban J connectivity index is 1.93. The maximum atomic E-state index is 10.6. The predicted molar refractivity (Wildman–Crippen MR) is 73.0 cm³/mol. The molecule has 1 aliphatic carbocycles. The molecule has 1 aliphatic rings. The second-order valence-corrected chi connectivity index (χ2v) is 6.49. The van der Waals surface area contributed by atoms with Crippen LogP contribution in [0.4, 0.5) is 0 Å². The Kier molecular flexibility index (Phi) is 4.38. The molecule has 1 saturated carbocycles. The van der Waals surface area contributed by atoms with Crippen LogP contribution in [-0.2, 0) is 11.2 Å². The number of carboxylic acids is 1. The zero-order valence-corrected chi connectivity index (χ0v) is 11.9. The van der Waals surface area contributed by atoms with Gasteiger partial charge >= 0.3 is 5.97 Å². The van der Waals surface area contributed by atoms with E-state index >= 15 is 0 Å². The van der Waals surface area contributed by atoms with Crippen LogP contribution in [0.5, 0.6) is 0 Å². The Bertz CT molecular complexity index is 406. The van der Waals surface area contributed by atoms with Gasteiger partial charge in [0.15, 0.2) is 0 Å². The zero-order chi connectivity index (χ0) is 13.1. The van der Waals surface area contributed by atoms with Crippen LogP contribution in [0.2, 0.25) is 0 Å². The van der Waals surface area contributed by atoms with Gasteiger partial charge in [0.25, 0.3) is 0 Å². The molecule has 0 aliphatic heterocycles. The van der Waals surface area contributed by atoms with Crippen LogP contribution in [0.3, 0.4) is 0 Å². The summed E-state index contributed by atoms with van der Waals surface area (Å²) < 4.78 is 0.